The first kappa shape index (κ1) is 27.1. The molecule has 7 heteroatoms. The predicted molar refractivity (Wildman–Crippen MR) is 146 cm³/mol. The topological polar surface area (TPSA) is 46.5 Å². The standard InChI is InChI=1S/C32H27ClF3NO2/c33-28-19-26(29(20-8-3-1-4-9-20)21-10-5-2-6-11-21)31(39)25-13-7-12-23(18-27(25)37-28)30(38)22-14-16-24(17-15-22)32(34,35)36/h1-6,8-11,14-17,23,26,29H,7,12-13,18-19H2. The summed E-state index contributed by atoms with van der Waals surface area (Å²) in [4.78, 5) is 32.1. The van der Waals surface area contributed by atoms with Gasteiger partial charge in [-0.3, -0.25) is 9.59 Å². The summed E-state index contributed by atoms with van der Waals surface area (Å²) in [6, 6.07) is 24.1. The lowest BCUT2D eigenvalue weighted by molar-refractivity contribution is -0.137. The number of carbonyl (C=O) groups excluding carboxylic acids is 2. The average molecular weight is 550 g/mol. The lowest BCUT2D eigenvalue weighted by Crippen LogP contribution is -2.26. The van der Waals surface area contributed by atoms with E-state index in [1.54, 1.807) is 0 Å². The molecule has 1 heterocycles. The van der Waals surface area contributed by atoms with Crippen LogP contribution in [0.2, 0.25) is 0 Å². The Labute approximate surface area is 230 Å². The minimum atomic E-state index is -4.47. The Morgan fingerprint density at radius 3 is 2.03 bits per heavy atom. The van der Waals surface area contributed by atoms with Gasteiger partial charge in [0.15, 0.2) is 11.6 Å². The fraction of sp³-hybridized carbons (Fsp3) is 0.281. The van der Waals surface area contributed by atoms with Gasteiger partial charge in [0.05, 0.1) is 5.56 Å². The number of nitrogens with zero attached hydrogens (tertiary/aromatic N) is 1. The van der Waals surface area contributed by atoms with E-state index in [0.29, 0.717) is 35.7 Å². The van der Waals surface area contributed by atoms with E-state index in [1.165, 1.54) is 12.1 Å². The van der Waals surface area contributed by atoms with Crippen LogP contribution in [-0.4, -0.2) is 16.7 Å². The number of Topliss-reactive ketones (excluding diaryl/α,β-unsaturated/α-hetero) is 2. The minimum absolute atomic E-state index is 0.00950. The highest BCUT2D eigenvalue weighted by molar-refractivity contribution is 6.65. The Hall–Kier alpha value is -3.51. The van der Waals surface area contributed by atoms with Gasteiger partial charge in [-0.2, -0.15) is 13.2 Å². The van der Waals surface area contributed by atoms with Crippen molar-refractivity contribution in [2.75, 3.05) is 0 Å². The zero-order chi connectivity index (χ0) is 27.6. The number of halogens is 4. The molecule has 2 atom stereocenters. The Morgan fingerprint density at radius 1 is 0.872 bits per heavy atom. The summed E-state index contributed by atoms with van der Waals surface area (Å²) in [7, 11) is 0. The highest BCUT2D eigenvalue weighted by Gasteiger charge is 2.38. The second kappa shape index (κ2) is 11.3. The molecule has 0 saturated carbocycles. The summed E-state index contributed by atoms with van der Waals surface area (Å²) in [6.45, 7) is 0. The largest absolute Gasteiger partial charge is 0.416 e. The third-order valence-electron chi connectivity index (χ3n) is 7.63. The van der Waals surface area contributed by atoms with E-state index in [2.05, 4.69) is 4.99 Å². The first-order valence-corrected chi connectivity index (χ1v) is 13.4. The van der Waals surface area contributed by atoms with Crippen LogP contribution in [-0.2, 0) is 11.0 Å². The number of aliphatic imine (C=N–C) groups is 1. The van der Waals surface area contributed by atoms with Crippen LogP contribution in [0.25, 0.3) is 0 Å². The number of carbonyl (C=O) groups is 2. The summed E-state index contributed by atoms with van der Waals surface area (Å²) in [6.07, 6.45) is -2.37. The van der Waals surface area contributed by atoms with Gasteiger partial charge < -0.3 is 0 Å². The van der Waals surface area contributed by atoms with Crippen molar-refractivity contribution in [2.45, 2.75) is 44.2 Å². The molecule has 3 aromatic carbocycles. The summed E-state index contributed by atoms with van der Waals surface area (Å²) in [5.41, 5.74) is 2.58. The monoisotopic (exact) mass is 549 g/mol. The van der Waals surface area contributed by atoms with Gasteiger partial charge in [-0.25, -0.2) is 4.99 Å². The number of benzene rings is 3. The molecule has 200 valence electrons. The van der Waals surface area contributed by atoms with E-state index < -0.39 is 23.6 Å². The Morgan fingerprint density at radius 2 is 1.46 bits per heavy atom. The van der Waals surface area contributed by atoms with Crippen LogP contribution in [0.4, 0.5) is 13.2 Å². The molecule has 0 saturated heterocycles. The first-order chi connectivity index (χ1) is 18.7. The lowest BCUT2D eigenvalue weighted by atomic mass is 9.75. The van der Waals surface area contributed by atoms with Gasteiger partial charge in [0.1, 0.15) is 5.17 Å². The Kier molecular flexibility index (Phi) is 7.85. The molecule has 5 rings (SSSR count). The second-order valence-corrected chi connectivity index (χ2v) is 10.6. The normalized spacial score (nSPS) is 20.2. The van der Waals surface area contributed by atoms with Gasteiger partial charge in [0.25, 0.3) is 0 Å². The van der Waals surface area contributed by atoms with Crippen LogP contribution in [0.3, 0.4) is 0 Å². The molecule has 0 amide bonds. The van der Waals surface area contributed by atoms with E-state index in [0.717, 1.165) is 23.3 Å². The summed E-state index contributed by atoms with van der Waals surface area (Å²) < 4.78 is 38.9. The molecule has 0 radical (unpaired) electrons. The summed E-state index contributed by atoms with van der Waals surface area (Å²) in [5, 5.41) is 0.317. The summed E-state index contributed by atoms with van der Waals surface area (Å²) >= 11 is 6.65. The van der Waals surface area contributed by atoms with Crippen molar-refractivity contribution in [3.05, 3.63) is 118 Å². The van der Waals surface area contributed by atoms with Crippen molar-refractivity contribution in [3.63, 3.8) is 0 Å². The zero-order valence-electron chi connectivity index (χ0n) is 21.1. The molecular weight excluding hydrogens is 523 g/mol. The van der Waals surface area contributed by atoms with Gasteiger partial charge in [0, 0.05) is 47.4 Å². The Balaban J connectivity index is 1.46. The number of hydrogen-bond acceptors (Lipinski definition) is 3. The van der Waals surface area contributed by atoms with Crippen molar-refractivity contribution < 1.29 is 22.8 Å². The van der Waals surface area contributed by atoms with E-state index in [1.807, 2.05) is 60.7 Å². The zero-order valence-corrected chi connectivity index (χ0v) is 21.9. The SMILES string of the molecule is O=C(c1ccc(C(F)(F)F)cc1)C1CCCC2=C(C1)N=C(Cl)CC(C(c1ccccc1)c1ccccc1)C2=O. The molecule has 0 fully saturated rings. The van der Waals surface area contributed by atoms with E-state index in [-0.39, 0.29) is 35.9 Å². The van der Waals surface area contributed by atoms with Crippen molar-refractivity contribution in [1.82, 2.24) is 0 Å². The molecule has 0 N–H and O–H groups in total. The predicted octanol–water partition coefficient (Wildman–Crippen LogP) is 8.39. The molecular formula is C32H27ClF3NO2. The maximum atomic E-state index is 14.2. The molecule has 1 aliphatic heterocycles. The highest BCUT2D eigenvalue weighted by Crippen LogP contribution is 2.42. The van der Waals surface area contributed by atoms with Gasteiger partial charge in [-0.05, 0) is 42.5 Å². The van der Waals surface area contributed by atoms with Gasteiger partial charge in [-0.1, -0.05) is 84.4 Å². The summed E-state index contributed by atoms with van der Waals surface area (Å²) in [5.74, 6) is -1.43. The maximum Gasteiger partial charge on any atom is 0.416 e. The minimum Gasteiger partial charge on any atom is -0.294 e. The van der Waals surface area contributed by atoms with Crippen LogP contribution in [0.1, 0.15) is 65.1 Å². The average Bonchev–Trinajstić information content (AvgIpc) is 3.20. The quantitative estimate of drug-likeness (QED) is 0.300. The smallest absolute Gasteiger partial charge is 0.294 e. The molecule has 2 aliphatic rings. The number of hydrogen-bond donors (Lipinski definition) is 0. The molecule has 3 aromatic rings. The van der Waals surface area contributed by atoms with E-state index >= 15 is 0 Å². The number of alkyl halides is 3. The number of rotatable bonds is 5. The molecule has 0 aromatic heterocycles. The van der Waals surface area contributed by atoms with E-state index in [4.69, 9.17) is 11.6 Å². The van der Waals surface area contributed by atoms with Crippen molar-refractivity contribution in [2.24, 2.45) is 16.8 Å². The van der Waals surface area contributed by atoms with Gasteiger partial charge >= 0.3 is 6.18 Å². The third kappa shape index (κ3) is 5.91. The second-order valence-electron chi connectivity index (χ2n) is 10.1. The van der Waals surface area contributed by atoms with E-state index in [9.17, 15) is 22.8 Å². The first-order valence-electron chi connectivity index (χ1n) is 13.0. The van der Waals surface area contributed by atoms with Crippen molar-refractivity contribution in [1.29, 1.82) is 0 Å². The van der Waals surface area contributed by atoms with Crippen molar-refractivity contribution >= 4 is 28.3 Å². The fourth-order valence-corrected chi connectivity index (χ4v) is 6.00. The molecule has 2 unspecified atom stereocenters. The van der Waals surface area contributed by atoms with Crippen LogP contribution in [0, 0.1) is 11.8 Å². The van der Waals surface area contributed by atoms with Crippen molar-refractivity contribution in [3.8, 4) is 0 Å². The van der Waals surface area contributed by atoms with Crippen LogP contribution in [0.15, 0.2) is 101 Å². The van der Waals surface area contributed by atoms with Crippen LogP contribution >= 0.6 is 11.6 Å². The molecule has 0 spiro atoms. The fourth-order valence-electron chi connectivity index (χ4n) is 5.73. The molecule has 3 nitrogen and oxygen atoms in total. The van der Waals surface area contributed by atoms with Crippen LogP contribution < -0.4 is 0 Å². The lowest BCUT2D eigenvalue weighted by Gasteiger charge is -2.27. The Bertz CT molecular complexity index is 1370. The highest BCUT2D eigenvalue weighted by atomic mass is 35.5. The number of allylic oxidation sites excluding steroid dienone is 2. The number of ketones is 2. The van der Waals surface area contributed by atoms with Gasteiger partial charge in [0.2, 0.25) is 0 Å². The maximum absolute atomic E-state index is 14.2. The molecule has 1 aliphatic carbocycles. The molecule has 0 bridgehead atoms. The molecule has 39 heavy (non-hydrogen) atoms. The third-order valence-corrected chi connectivity index (χ3v) is 7.87. The van der Waals surface area contributed by atoms with Gasteiger partial charge in [-0.15, -0.1) is 0 Å². The van der Waals surface area contributed by atoms with Crippen LogP contribution in [0.5, 0.6) is 0 Å².